The number of rotatable bonds is 9. The monoisotopic (exact) mass is 250 g/mol. The van der Waals surface area contributed by atoms with Crippen molar-refractivity contribution in [2.75, 3.05) is 32.8 Å². The van der Waals surface area contributed by atoms with Gasteiger partial charge in [0.05, 0.1) is 6.54 Å². The molecule has 0 aliphatic heterocycles. The predicted molar refractivity (Wildman–Crippen MR) is 67.0 cm³/mol. The van der Waals surface area contributed by atoms with E-state index in [-0.39, 0.29) is 18.3 Å². The largest absolute Gasteiger partial charge is 0.382 e. The topological polar surface area (TPSA) is 50.4 Å². The maximum Gasteiger partial charge on any atom is 0.233 e. The quantitative estimate of drug-likeness (QED) is 0.599. The van der Waals surface area contributed by atoms with Crippen LogP contribution >= 0.6 is 12.4 Å². The Hall–Kier alpha value is -0.320. The third-order valence-corrected chi connectivity index (χ3v) is 2.41. The molecule has 0 unspecified atom stereocenters. The van der Waals surface area contributed by atoms with Crippen LogP contribution in [0.25, 0.3) is 0 Å². The lowest BCUT2D eigenvalue weighted by Gasteiger charge is -2.06. The van der Waals surface area contributed by atoms with Crippen molar-refractivity contribution >= 4 is 18.3 Å². The molecule has 0 heterocycles. The summed E-state index contributed by atoms with van der Waals surface area (Å²) in [5.41, 5.74) is 0. The van der Waals surface area contributed by atoms with Crippen LogP contribution in [-0.4, -0.2) is 38.8 Å². The van der Waals surface area contributed by atoms with Crippen molar-refractivity contribution in [2.45, 2.75) is 26.2 Å². The molecule has 4 nitrogen and oxygen atoms in total. The normalized spacial score (nSPS) is 14.3. The van der Waals surface area contributed by atoms with Gasteiger partial charge in [0.1, 0.15) is 0 Å². The number of carbonyl (C=O) groups is 1. The summed E-state index contributed by atoms with van der Waals surface area (Å²) in [6.45, 7) is 5.60. The van der Waals surface area contributed by atoms with Crippen LogP contribution in [-0.2, 0) is 9.53 Å². The van der Waals surface area contributed by atoms with Gasteiger partial charge in [-0.05, 0) is 38.6 Å². The minimum atomic E-state index is 0. The van der Waals surface area contributed by atoms with E-state index in [2.05, 4.69) is 10.6 Å². The summed E-state index contributed by atoms with van der Waals surface area (Å²) >= 11 is 0. The molecule has 0 bridgehead atoms. The third-order valence-electron chi connectivity index (χ3n) is 2.41. The molecule has 1 aliphatic carbocycles. The molecule has 0 aromatic heterocycles. The van der Waals surface area contributed by atoms with Gasteiger partial charge in [0.25, 0.3) is 0 Å². The van der Waals surface area contributed by atoms with Gasteiger partial charge in [0.15, 0.2) is 0 Å². The Morgan fingerprint density at radius 3 is 2.81 bits per heavy atom. The SMILES string of the molecule is CCOCCCNC(=O)CNCC1CC1.Cl. The van der Waals surface area contributed by atoms with Gasteiger partial charge in [0, 0.05) is 19.8 Å². The van der Waals surface area contributed by atoms with Crippen molar-refractivity contribution in [1.82, 2.24) is 10.6 Å². The summed E-state index contributed by atoms with van der Waals surface area (Å²) < 4.78 is 5.17. The van der Waals surface area contributed by atoms with Crippen LogP contribution < -0.4 is 10.6 Å². The van der Waals surface area contributed by atoms with Crippen LogP contribution in [0, 0.1) is 5.92 Å². The van der Waals surface area contributed by atoms with E-state index in [1.165, 1.54) is 12.8 Å². The summed E-state index contributed by atoms with van der Waals surface area (Å²) in [5, 5.41) is 6.01. The van der Waals surface area contributed by atoms with E-state index in [0.29, 0.717) is 13.1 Å². The standard InChI is InChI=1S/C11H22N2O2.ClH/c1-2-15-7-3-6-13-11(14)9-12-8-10-4-5-10;/h10,12H,2-9H2,1H3,(H,13,14);1H. The molecule has 1 rings (SSSR count). The summed E-state index contributed by atoms with van der Waals surface area (Å²) in [4.78, 5) is 11.3. The molecule has 2 N–H and O–H groups in total. The second kappa shape index (κ2) is 9.87. The first-order valence-electron chi connectivity index (χ1n) is 5.88. The summed E-state index contributed by atoms with van der Waals surface area (Å²) in [7, 11) is 0. The fourth-order valence-corrected chi connectivity index (χ4v) is 1.32. The van der Waals surface area contributed by atoms with E-state index in [4.69, 9.17) is 4.74 Å². The van der Waals surface area contributed by atoms with Crippen LogP contribution in [0.3, 0.4) is 0 Å². The van der Waals surface area contributed by atoms with E-state index < -0.39 is 0 Å². The zero-order chi connectivity index (χ0) is 10.9. The number of halogens is 1. The zero-order valence-corrected chi connectivity index (χ0v) is 10.8. The fraction of sp³-hybridized carbons (Fsp3) is 0.909. The maximum absolute atomic E-state index is 11.3. The van der Waals surface area contributed by atoms with Gasteiger partial charge in [-0.25, -0.2) is 0 Å². The number of hydrogen-bond acceptors (Lipinski definition) is 3. The average molecular weight is 251 g/mol. The molecule has 16 heavy (non-hydrogen) atoms. The predicted octanol–water partition coefficient (Wildman–Crippen LogP) is 0.951. The van der Waals surface area contributed by atoms with Gasteiger partial charge in [-0.2, -0.15) is 0 Å². The lowest BCUT2D eigenvalue weighted by Crippen LogP contribution is -2.35. The lowest BCUT2D eigenvalue weighted by molar-refractivity contribution is -0.120. The van der Waals surface area contributed by atoms with Crippen LogP contribution in [0.4, 0.5) is 0 Å². The van der Waals surface area contributed by atoms with Crippen molar-refractivity contribution in [1.29, 1.82) is 0 Å². The van der Waals surface area contributed by atoms with Gasteiger partial charge in [-0.3, -0.25) is 4.79 Å². The van der Waals surface area contributed by atoms with Crippen molar-refractivity contribution in [2.24, 2.45) is 5.92 Å². The first kappa shape index (κ1) is 15.7. The summed E-state index contributed by atoms with van der Waals surface area (Å²) in [6.07, 6.45) is 3.54. The molecule has 0 aromatic rings. The second-order valence-electron chi connectivity index (χ2n) is 3.97. The van der Waals surface area contributed by atoms with Crippen molar-refractivity contribution in [3.8, 4) is 0 Å². The summed E-state index contributed by atoms with van der Waals surface area (Å²) in [6, 6.07) is 0. The molecule has 1 aliphatic rings. The Labute approximate surface area is 104 Å². The molecule has 5 heteroatoms. The number of hydrogen-bond donors (Lipinski definition) is 2. The molecule has 96 valence electrons. The first-order chi connectivity index (χ1) is 7.33. The second-order valence-corrected chi connectivity index (χ2v) is 3.97. The highest BCUT2D eigenvalue weighted by Crippen LogP contribution is 2.27. The third kappa shape index (κ3) is 8.95. The Kier molecular flexibility index (Phi) is 9.68. The van der Waals surface area contributed by atoms with E-state index in [0.717, 1.165) is 32.1 Å². The van der Waals surface area contributed by atoms with E-state index in [1.54, 1.807) is 0 Å². The molecule has 1 fully saturated rings. The Bertz CT molecular complexity index is 187. The smallest absolute Gasteiger partial charge is 0.233 e. The van der Waals surface area contributed by atoms with Crippen molar-refractivity contribution < 1.29 is 9.53 Å². The van der Waals surface area contributed by atoms with Gasteiger partial charge in [-0.1, -0.05) is 0 Å². The van der Waals surface area contributed by atoms with Crippen LogP contribution in [0.15, 0.2) is 0 Å². The van der Waals surface area contributed by atoms with Crippen LogP contribution in [0.2, 0.25) is 0 Å². The first-order valence-corrected chi connectivity index (χ1v) is 5.88. The zero-order valence-electron chi connectivity index (χ0n) is 9.96. The Balaban J connectivity index is 0.00000225. The molecule has 1 amide bonds. The van der Waals surface area contributed by atoms with Crippen molar-refractivity contribution in [3.63, 3.8) is 0 Å². The van der Waals surface area contributed by atoms with E-state index in [1.807, 2.05) is 6.92 Å². The molecule has 0 spiro atoms. The van der Waals surface area contributed by atoms with E-state index >= 15 is 0 Å². The molecular weight excluding hydrogens is 228 g/mol. The molecule has 0 saturated heterocycles. The van der Waals surface area contributed by atoms with Gasteiger partial charge in [0.2, 0.25) is 5.91 Å². The number of amides is 1. The van der Waals surface area contributed by atoms with Gasteiger partial charge in [-0.15, -0.1) is 12.4 Å². The molecule has 1 saturated carbocycles. The molecule has 0 atom stereocenters. The van der Waals surface area contributed by atoms with E-state index in [9.17, 15) is 4.79 Å². The number of nitrogens with one attached hydrogen (secondary N) is 2. The Morgan fingerprint density at radius 1 is 1.44 bits per heavy atom. The fourth-order valence-electron chi connectivity index (χ4n) is 1.32. The van der Waals surface area contributed by atoms with Gasteiger partial charge < -0.3 is 15.4 Å². The lowest BCUT2D eigenvalue weighted by atomic mass is 10.4. The maximum atomic E-state index is 11.3. The highest BCUT2D eigenvalue weighted by Gasteiger charge is 2.20. The Morgan fingerprint density at radius 2 is 2.19 bits per heavy atom. The minimum absolute atomic E-state index is 0. The summed E-state index contributed by atoms with van der Waals surface area (Å²) in [5.74, 6) is 0.919. The minimum Gasteiger partial charge on any atom is -0.382 e. The molecule has 0 radical (unpaired) electrons. The molecule has 0 aromatic carbocycles. The highest BCUT2D eigenvalue weighted by molar-refractivity contribution is 5.85. The average Bonchev–Trinajstić information content (AvgIpc) is 3.01. The van der Waals surface area contributed by atoms with Crippen LogP contribution in [0.1, 0.15) is 26.2 Å². The molecular formula is C11H23ClN2O2. The number of carbonyl (C=O) groups excluding carboxylic acids is 1. The number of ether oxygens (including phenoxy) is 1. The van der Waals surface area contributed by atoms with Crippen LogP contribution in [0.5, 0.6) is 0 Å². The van der Waals surface area contributed by atoms with Crippen molar-refractivity contribution in [3.05, 3.63) is 0 Å². The highest BCUT2D eigenvalue weighted by atomic mass is 35.5. The van der Waals surface area contributed by atoms with Gasteiger partial charge >= 0.3 is 0 Å².